The Morgan fingerprint density at radius 1 is 1.36 bits per heavy atom. The van der Waals surface area contributed by atoms with E-state index in [1.807, 2.05) is 6.92 Å². The number of phenolic OH excluding ortho intramolecular Hbond substituents is 1. The molecule has 14 heavy (non-hydrogen) atoms. The highest BCUT2D eigenvalue weighted by Gasteiger charge is 2.05. The van der Waals surface area contributed by atoms with Gasteiger partial charge in [-0.05, 0) is 25.1 Å². The molecule has 1 aromatic heterocycles. The van der Waals surface area contributed by atoms with Gasteiger partial charge in [0.2, 0.25) is 0 Å². The van der Waals surface area contributed by atoms with E-state index in [9.17, 15) is 5.11 Å². The number of benzene rings is 1. The Balaban J connectivity index is 2.79. The zero-order valence-electron chi connectivity index (χ0n) is 8.11. The van der Waals surface area contributed by atoms with Crippen LogP contribution in [0.2, 0.25) is 0 Å². The number of aromatic nitrogens is 1. The largest absolute Gasteiger partial charge is 0.508 e. The van der Waals surface area contributed by atoms with Crippen LogP contribution in [-0.4, -0.2) is 17.2 Å². The molecule has 0 saturated heterocycles. The molecule has 0 atom stereocenters. The van der Waals surface area contributed by atoms with E-state index in [1.165, 1.54) is 0 Å². The van der Waals surface area contributed by atoms with Gasteiger partial charge in [0.1, 0.15) is 11.5 Å². The number of fused-ring (bicyclic) bond motifs is 1. The average Bonchev–Trinajstić information content (AvgIpc) is 2.20. The molecule has 1 N–H and O–H groups in total. The van der Waals surface area contributed by atoms with Crippen LogP contribution in [0.15, 0.2) is 24.4 Å². The summed E-state index contributed by atoms with van der Waals surface area (Å²) in [5.41, 5.74) is 1.86. The number of rotatable bonds is 1. The Labute approximate surface area is 82.0 Å². The topological polar surface area (TPSA) is 42.4 Å². The predicted molar refractivity (Wildman–Crippen MR) is 54.7 cm³/mol. The van der Waals surface area contributed by atoms with Gasteiger partial charge in [-0.3, -0.25) is 4.98 Å². The fraction of sp³-hybridized carbons (Fsp3) is 0.182. The fourth-order valence-corrected chi connectivity index (χ4v) is 1.50. The van der Waals surface area contributed by atoms with Gasteiger partial charge in [0.05, 0.1) is 18.8 Å². The van der Waals surface area contributed by atoms with E-state index in [4.69, 9.17) is 4.74 Å². The molecular formula is C11H11NO2. The zero-order valence-corrected chi connectivity index (χ0v) is 8.11. The molecule has 1 heterocycles. The van der Waals surface area contributed by atoms with Crippen molar-refractivity contribution in [2.75, 3.05) is 7.11 Å². The molecule has 1 aromatic carbocycles. The number of ether oxygens (including phenoxy) is 1. The molecule has 0 unspecified atom stereocenters. The smallest absolute Gasteiger partial charge is 0.140 e. The highest BCUT2D eigenvalue weighted by atomic mass is 16.5. The van der Waals surface area contributed by atoms with Crippen molar-refractivity contribution in [1.82, 2.24) is 4.98 Å². The molecule has 0 aliphatic carbocycles. The lowest BCUT2D eigenvalue weighted by Gasteiger charge is -2.07. The van der Waals surface area contributed by atoms with Gasteiger partial charge in [0.25, 0.3) is 0 Å². The van der Waals surface area contributed by atoms with Crippen molar-refractivity contribution >= 4 is 10.9 Å². The minimum absolute atomic E-state index is 0.246. The van der Waals surface area contributed by atoms with Crippen molar-refractivity contribution in [3.63, 3.8) is 0 Å². The van der Waals surface area contributed by atoms with Crippen molar-refractivity contribution in [1.29, 1.82) is 0 Å². The standard InChI is InChI=1S/C11H11NO2/c1-7-9-5-8(13)3-4-10(9)12-6-11(7)14-2/h3-6,13H,1-2H3. The van der Waals surface area contributed by atoms with Crippen molar-refractivity contribution in [2.45, 2.75) is 6.92 Å². The first-order valence-corrected chi connectivity index (χ1v) is 4.34. The maximum absolute atomic E-state index is 9.35. The SMILES string of the molecule is COc1cnc2ccc(O)cc2c1C. The molecule has 0 radical (unpaired) electrons. The van der Waals surface area contributed by atoms with E-state index >= 15 is 0 Å². The second kappa shape index (κ2) is 3.18. The zero-order chi connectivity index (χ0) is 10.1. The van der Waals surface area contributed by atoms with Gasteiger partial charge in [-0.2, -0.15) is 0 Å². The summed E-state index contributed by atoms with van der Waals surface area (Å²) in [6.07, 6.45) is 1.69. The Hall–Kier alpha value is -1.77. The van der Waals surface area contributed by atoms with E-state index in [0.29, 0.717) is 0 Å². The maximum Gasteiger partial charge on any atom is 0.140 e. The Morgan fingerprint density at radius 3 is 2.86 bits per heavy atom. The molecule has 3 nitrogen and oxygen atoms in total. The van der Waals surface area contributed by atoms with Crippen LogP contribution >= 0.6 is 0 Å². The van der Waals surface area contributed by atoms with Crippen LogP contribution < -0.4 is 4.74 Å². The summed E-state index contributed by atoms with van der Waals surface area (Å²) in [5, 5.41) is 10.3. The van der Waals surface area contributed by atoms with Crippen LogP contribution in [0, 0.1) is 6.92 Å². The molecule has 2 rings (SSSR count). The normalized spacial score (nSPS) is 10.4. The summed E-state index contributed by atoms with van der Waals surface area (Å²) in [5.74, 6) is 0.985. The summed E-state index contributed by atoms with van der Waals surface area (Å²) in [7, 11) is 1.61. The Kier molecular flexibility index (Phi) is 2.00. The van der Waals surface area contributed by atoms with Gasteiger partial charge in [-0.15, -0.1) is 0 Å². The second-order valence-corrected chi connectivity index (χ2v) is 3.15. The third-order valence-corrected chi connectivity index (χ3v) is 2.29. The van der Waals surface area contributed by atoms with Crippen LogP contribution in [0.25, 0.3) is 10.9 Å². The highest BCUT2D eigenvalue weighted by molar-refractivity contribution is 5.85. The molecule has 0 aliphatic rings. The summed E-state index contributed by atoms with van der Waals surface area (Å²) in [6, 6.07) is 5.11. The van der Waals surface area contributed by atoms with Crippen molar-refractivity contribution in [2.24, 2.45) is 0 Å². The van der Waals surface area contributed by atoms with Gasteiger partial charge in [-0.25, -0.2) is 0 Å². The van der Waals surface area contributed by atoms with Crippen molar-refractivity contribution in [3.8, 4) is 11.5 Å². The van der Waals surface area contributed by atoms with E-state index in [0.717, 1.165) is 22.2 Å². The number of phenols is 1. The predicted octanol–water partition coefficient (Wildman–Crippen LogP) is 2.26. The van der Waals surface area contributed by atoms with Crippen LogP contribution in [0.4, 0.5) is 0 Å². The molecule has 3 heteroatoms. The first-order valence-electron chi connectivity index (χ1n) is 4.34. The minimum atomic E-state index is 0.246. The molecule has 0 saturated carbocycles. The van der Waals surface area contributed by atoms with E-state index in [1.54, 1.807) is 31.5 Å². The third-order valence-electron chi connectivity index (χ3n) is 2.29. The van der Waals surface area contributed by atoms with E-state index < -0.39 is 0 Å². The number of hydrogen-bond donors (Lipinski definition) is 1. The van der Waals surface area contributed by atoms with Crippen LogP contribution in [0.1, 0.15) is 5.56 Å². The quantitative estimate of drug-likeness (QED) is 0.748. The monoisotopic (exact) mass is 189 g/mol. The molecular weight excluding hydrogens is 178 g/mol. The minimum Gasteiger partial charge on any atom is -0.508 e. The first kappa shape index (κ1) is 8.81. The van der Waals surface area contributed by atoms with Crippen LogP contribution in [0.5, 0.6) is 11.5 Å². The fourth-order valence-electron chi connectivity index (χ4n) is 1.50. The van der Waals surface area contributed by atoms with Gasteiger partial charge in [0.15, 0.2) is 0 Å². The molecule has 0 spiro atoms. The number of pyridine rings is 1. The maximum atomic E-state index is 9.35. The molecule has 72 valence electrons. The number of aromatic hydroxyl groups is 1. The lowest BCUT2D eigenvalue weighted by atomic mass is 10.1. The van der Waals surface area contributed by atoms with Crippen LogP contribution in [0.3, 0.4) is 0 Å². The van der Waals surface area contributed by atoms with Crippen molar-refractivity contribution < 1.29 is 9.84 Å². The van der Waals surface area contributed by atoms with E-state index in [2.05, 4.69) is 4.98 Å². The van der Waals surface area contributed by atoms with E-state index in [-0.39, 0.29) is 5.75 Å². The summed E-state index contributed by atoms with van der Waals surface area (Å²) in [4.78, 5) is 4.22. The average molecular weight is 189 g/mol. The van der Waals surface area contributed by atoms with Gasteiger partial charge in [-0.1, -0.05) is 0 Å². The van der Waals surface area contributed by atoms with Gasteiger partial charge >= 0.3 is 0 Å². The molecule has 0 fully saturated rings. The number of methoxy groups -OCH3 is 1. The number of nitrogens with zero attached hydrogens (tertiary/aromatic N) is 1. The summed E-state index contributed by atoms with van der Waals surface area (Å²) in [6.45, 7) is 1.95. The van der Waals surface area contributed by atoms with Gasteiger partial charge in [0, 0.05) is 10.9 Å². The Bertz CT molecular complexity index is 480. The lowest BCUT2D eigenvalue weighted by Crippen LogP contribution is -1.90. The molecule has 0 bridgehead atoms. The van der Waals surface area contributed by atoms with Crippen molar-refractivity contribution in [3.05, 3.63) is 30.0 Å². The molecule has 0 aliphatic heterocycles. The third kappa shape index (κ3) is 1.27. The molecule has 2 aromatic rings. The second-order valence-electron chi connectivity index (χ2n) is 3.15. The Morgan fingerprint density at radius 2 is 2.14 bits per heavy atom. The lowest BCUT2D eigenvalue weighted by molar-refractivity contribution is 0.410. The molecule has 0 amide bonds. The number of aryl methyl sites for hydroxylation is 1. The summed E-state index contributed by atoms with van der Waals surface area (Å²) >= 11 is 0. The number of hydrogen-bond acceptors (Lipinski definition) is 3. The van der Waals surface area contributed by atoms with Gasteiger partial charge < -0.3 is 9.84 Å². The highest BCUT2D eigenvalue weighted by Crippen LogP contribution is 2.27. The summed E-state index contributed by atoms with van der Waals surface area (Å²) < 4.78 is 5.15. The first-order chi connectivity index (χ1) is 6.72. The van der Waals surface area contributed by atoms with Crippen LogP contribution in [-0.2, 0) is 0 Å².